The maximum absolute atomic E-state index is 13.1. The molecule has 26 heavy (non-hydrogen) atoms. The third kappa shape index (κ3) is 8.33. The Kier molecular flexibility index (Phi) is 10.5. The van der Waals surface area contributed by atoms with Crippen molar-refractivity contribution in [2.24, 2.45) is 10.9 Å². The highest BCUT2D eigenvalue weighted by Gasteiger charge is 2.18. The predicted octanol–water partition coefficient (Wildman–Crippen LogP) is 2.85. The number of guanidine groups is 1. The van der Waals surface area contributed by atoms with E-state index in [0.717, 1.165) is 11.9 Å². The van der Waals surface area contributed by atoms with Crippen molar-refractivity contribution < 1.29 is 9.18 Å². The molecule has 1 aromatic carbocycles. The molecule has 3 N–H and O–H groups in total. The zero-order valence-corrected chi connectivity index (χ0v) is 17.9. The highest BCUT2D eigenvalue weighted by atomic mass is 127. The number of carbonyl (C=O) groups is 1. The Bertz CT molecular complexity index is 589. The molecule has 1 aliphatic carbocycles. The molecule has 0 spiro atoms. The second-order valence-corrected chi connectivity index (χ2v) is 6.76. The van der Waals surface area contributed by atoms with Crippen LogP contribution in [0.1, 0.15) is 38.2 Å². The fourth-order valence-electron chi connectivity index (χ4n) is 3.07. The van der Waals surface area contributed by atoms with Gasteiger partial charge in [0, 0.05) is 26.2 Å². The molecular weight excluding hydrogens is 446 g/mol. The topological polar surface area (TPSA) is 65.5 Å². The highest BCUT2D eigenvalue weighted by molar-refractivity contribution is 14.0. The minimum absolute atomic E-state index is 0. The van der Waals surface area contributed by atoms with E-state index >= 15 is 0 Å². The summed E-state index contributed by atoms with van der Waals surface area (Å²) in [4.78, 5) is 16.1. The average Bonchev–Trinajstić information content (AvgIpc) is 2.59. The lowest BCUT2D eigenvalue weighted by atomic mass is 9.87. The SMILES string of the molecule is CN=C(NCCNC(=O)Cc1cccc(F)c1)NC1CCC(C)CC1.I. The van der Waals surface area contributed by atoms with Gasteiger partial charge < -0.3 is 16.0 Å². The van der Waals surface area contributed by atoms with E-state index in [1.807, 2.05) is 0 Å². The Balaban J connectivity index is 0.00000338. The molecular formula is C19H30FIN4O. The number of aliphatic imine (C=N–C) groups is 1. The van der Waals surface area contributed by atoms with Crippen LogP contribution in [0.2, 0.25) is 0 Å². The zero-order valence-electron chi connectivity index (χ0n) is 15.6. The molecule has 0 saturated heterocycles. The Hall–Kier alpha value is -1.38. The second-order valence-electron chi connectivity index (χ2n) is 6.76. The summed E-state index contributed by atoms with van der Waals surface area (Å²) >= 11 is 0. The van der Waals surface area contributed by atoms with E-state index in [0.29, 0.717) is 24.7 Å². The number of nitrogens with one attached hydrogen (secondary N) is 3. The van der Waals surface area contributed by atoms with Gasteiger partial charge in [0.25, 0.3) is 0 Å². The van der Waals surface area contributed by atoms with E-state index in [1.165, 1.54) is 37.8 Å². The second kappa shape index (κ2) is 12.1. The van der Waals surface area contributed by atoms with Crippen molar-refractivity contribution >= 4 is 35.8 Å². The van der Waals surface area contributed by atoms with Crippen LogP contribution in [-0.4, -0.2) is 38.0 Å². The molecule has 0 aromatic heterocycles. The molecule has 0 radical (unpaired) electrons. The summed E-state index contributed by atoms with van der Waals surface area (Å²) in [5.74, 6) is 1.16. The van der Waals surface area contributed by atoms with Crippen LogP contribution in [0, 0.1) is 11.7 Å². The first kappa shape index (κ1) is 22.7. The smallest absolute Gasteiger partial charge is 0.224 e. The van der Waals surface area contributed by atoms with Crippen LogP contribution in [0.15, 0.2) is 29.3 Å². The number of halogens is 2. The molecule has 5 nitrogen and oxygen atoms in total. The van der Waals surface area contributed by atoms with Crippen LogP contribution < -0.4 is 16.0 Å². The summed E-state index contributed by atoms with van der Waals surface area (Å²) in [7, 11) is 1.75. The van der Waals surface area contributed by atoms with Gasteiger partial charge in [-0.15, -0.1) is 24.0 Å². The molecule has 1 fully saturated rings. The Labute approximate surface area is 172 Å². The summed E-state index contributed by atoms with van der Waals surface area (Å²) in [5, 5.41) is 9.50. The number of benzene rings is 1. The van der Waals surface area contributed by atoms with E-state index in [1.54, 1.807) is 19.2 Å². The maximum Gasteiger partial charge on any atom is 0.224 e. The highest BCUT2D eigenvalue weighted by Crippen LogP contribution is 2.23. The van der Waals surface area contributed by atoms with Gasteiger partial charge >= 0.3 is 0 Å². The third-order valence-corrected chi connectivity index (χ3v) is 4.57. The van der Waals surface area contributed by atoms with Gasteiger partial charge in [0.1, 0.15) is 5.82 Å². The summed E-state index contributed by atoms with van der Waals surface area (Å²) in [6.07, 6.45) is 5.04. The molecule has 0 aliphatic heterocycles. The molecule has 1 aromatic rings. The fraction of sp³-hybridized carbons (Fsp3) is 0.579. The Morgan fingerprint density at radius 1 is 1.19 bits per heavy atom. The van der Waals surface area contributed by atoms with Gasteiger partial charge in [-0.1, -0.05) is 19.1 Å². The monoisotopic (exact) mass is 476 g/mol. The lowest BCUT2D eigenvalue weighted by molar-refractivity contribution is -0.120. The van der Waals surface area contributed by atoms with Gasteiger partial charge in [-0.2, -0.15) is 0 Å². The summed E-state index contributed by atoms with van der Waals surface area (Å²) < 4.78 is 13.1. The first-order valence-corrected chi connectivity index (χ1v) is 9.05. The molecule has 0 unspecified atom stereocenters. The standard InChI is InChI=1S/C19H29FN4O.HI/c1-14-6-8-17(9-7-14)24-19(21-2)23-11-10-22-18(25)13-15-4-3-5-16(20)12-15;/h3-5,12,14,17H,6-11,13H2,1-2H3,(H,22,25)(H2,21,23,24);1H. The number of amides is 1. The summed E-state index contributed by atoms with van der Waals surface area (Å²) in [5.41, 5.74) is 0.675. The molecule has 146 valence electrons. The molecule has 7 heteroatoms. The number of hydrogen-bond donors (Lipinski definition) is 3. The number of nitrogens with zero attached hydrogens (tertiary/aromatic N) is 1. The molecule has 0 atom stereocenters. The first-order valence-electron chi connectivity index (χ1n) is 9.05. The fourth-order valence-corrected chi connectivity index (χ4v) is 3.07. The maximum atomic E-state index is 13.1. The van der Waals surface area contributed by atoms with Crippen LogP contribution in [-0.2, 0) is 11.2 Å². The zero-order chi connectivity index (χ0) is 18.1. The summed E-state index contributed by atoms with van der Waals surface area (Å²) in [6, 6.07) is 6.59. The third-order valence-electron chi connectivity index (χ3n) is 4.57. The summed E-state index contributed by atoms with van der Waals surface area (Å²) in [6.45, 7) is 3.39. The molecule has 1 saturated carbocycles. The van der Waals surface area contributed by atoms with Crippen molar-refractivity contribution in [1.29, 1.82) is 0 Å². The van der Waals surface area contributed by atoms with E-state index in [2.05, 4.69) is 27.9 Å². The quantitative estimate of drug-likeness (QED) is 0.256. The molecule has 0 heterocycles. The molecule has 0 bridgehead atoms. The first-order chi connectivity index (χ1) is 12.1. The van der Waals surface area contributed by atoms with E-state index in [-0.39, 0.29) is 42.1 Å². The molecule has 2 rings (SSSR count). The van der Waals surface area contributed by atoms with Gasteiger partial charge in [0.05, 0.1) is 6.42 Å². The van der Waals surface area contributed by atoms with Crippen molar-refractivity contribution in [3.8, 4) is 0 Å². The lowest BCUT2D eigenvalue weighted by Crippen LogP contribution is -2.46. The van der Waals surface area contributed by atoms with Crippen molar-refractivity contribution in [2.75, 3.05) is 20.1 Å². The largest absolute Gasteiger partial charge is 0.355 e. The predicted molar refractivity (Wildman–Crippen MR) is 114 cm³/mol. The van der Waals surface area contributed by atoms with E-state index in [4.69, 9.17) is 0 Å². The molecule has 1 amide bonds. The van der Waals surface area contributed by atoms with Crippen LogP contribution in [0.3, 0.4) is 0 Å². The van der Waals surface area contributed by atoms with Crippen LogP contribution in [0.5, 0.6) is 0 Å². The minimum Gasteiger partial charge on any atom is -0.355 e. The van der Waals surface area contributed by atoms with Gasteiger partial charge in [-0.05, 0) is 49.3 Å². The van der Waals surface area contributed by atoms with E-state index < -0.39 is 0 Å². The van der Waals surface area contributed by atoms with Gasteiger partial charge in [0.2, 0.25) is 5.91 Å². The minimum atomic E-state index is -0.320. The Morgan fingerprint density at radius 2 is 1.88 bits per heavy atom. The van der Waals surface area contributed by atoms with Crippen LogP contribution in [0.4, 0.5) is 4.39 Å². The van der Waals surface area contributed by atoms with Crippen LogP contribution in [0.25, 0.3) is 0 Å². The van der Waals surface area contributed by atoms with Gasteiger partial charge in [0.15, 0.2) is 5.96 Å². The normalized spacial score (nSPS) is 20.0. The van der Waals surface area contributed by atoms with Gasteiger partial charge in [-0.25, -0.2) is 4.39 Å². The van der Waals surface area contributed by atoms with Crippen molar-refractivity contribution in [1.82, 2.24) is 16.0 Å². The van der Waals surface area contributed by atoms with Gasteiger partial charge in [-0.3, -0.25) is 9.79 Å². The van der Waals surface area contributed by atoms with Crippen molar-refractivity contribution in [3.05, 3.63) is 35.6 Å². The van der Waals surface area contributed by atoms with Crippen LogP contribution >= 0.6 is 24.0 Å². The van der Waals surface area contributed by atoms with Crippen molar-refractivity contribution in [2.45, 2.75) is 45.1 Å². The average molecular weight is 476 g/mol. The number of rotatable bonds is 6. The number of carbonyl (C=O) groups excluding carboxylic acids is 1. The van der Waals surface area contributed by atoms with Crippen molar-refractivity contribution in [3.63, 3.8) is 0 Å². The van der Waals surface area contributed by atoms with E-state index in [9.17, 15) is 9.18 Å². The number of hydrogen-bond acceptors (Lipinski definition) is 2. The lowest BCUT2D eigenvalue weighted by Gasteiger charge is -2.28. The molecule has 1 aliphatic rings. The Morgan fingerprint density at radius 3 is 2.54 bits per heavy atom.